The predicted molar refractivity (Wildman–Crippen MR) is 75.5 cm³/mol. The summed E-state index contributed by atoms with van der Waals surface area (Å²) >= 11 is 0. The van der Waals surface area contributed by atoms with Gasteiger partial charge in [0.05, 0.1) is 12.0 Å². The van der Waals surface area contributed by atoms with E-state index in [1.54, 1.807) is 11.9 Å². The SMILES string of the molecule is CCN(CC(=O)NC)C(=O)C1(CN)CCCCCC1. The van der Waals surface area contributed by atoms with Gasteiger partial charge in [-0.15, -0.1) is 0 Å². The molecule has 19 heavy (non-hydrogen) atoms. The molecule has 1 aliphatic rings. The van der Waals surface area contributed by atoms with Crippen LogP contribution in [-0.2, 0) is 9.59 Å². The van der Waals surface area contributed by atoms with Crippen LogP contribution in [0.5, 0.6) is 0 Å². The minimum atomic E-state index is -0.444. The van der Waals surface area contributed by atoms with Crippen LogP contribution < -0.4 is 11.1 Å². The van der Waals surface area contributed by atoms with Crippen LogP contribution in [0, 0.1) is 5.41 Å². The fraction of sp³-hybridized carbons (Fsp3) is 0.857. The highest BCUT2D eigenvalue weighted by Gasteiger charge is 2.39. The summed E-state index contributed by atoms with van der Waals surface area (Å²) in [4.78, 5) is 25.9. The highest BCUT2D eigenvalue weighted by Crippen LogP contribution is 2.35. The molecule has 5 nitrogen and oxygen atoms in total. The molecule has 1 fully saturated rings. The smallest absolute Gasteiger partial charge is 0.239 e. The Balaban J connectivity index is 2.82. The van der Waals surface area contributed by atoms with Crippen LogP contribution in [-0.4, -0.2) is 43.4 Å². The van der Waals surface area contributed by atoms with Gasteiger partial charge in [0.25, 0.3) is 0 Å². The van der Waals surface area contributed by atoms with Gasteiger partial charge in [0.15, 0.2) is 0 Å². The van der Waals surface area contributed by atoms with Crippen LogP contribution >= 0.6 is 0 Å². The zero-order valence-corrected chi connectivity index (χ0v) is 12.2. The first-order valence-electron chi connectivity index (χ1n) is 7.29. The van der Waals surface area contributed by atoms with Crippen molar-refractivity contribution in [1.82, 2.24) is 10.2 Å². The van der Waals surface area contributed by atoms with Crippen LogP contribution in [0.4, 0.5) is 0 Å². The van der Waals surface area contributed by atoms with E-state index in [0.717, 1.165) is 25.7 Å². The molecule has 1 aliphatic carbocycles. The van der Waals surface area contributed by atoms with E-state index in [4.69, 9.17) is 5.73 Å². The maximum Gasteiger partial charge on any atom is 0.239 e. The first-order chi connectivity index (χ1) is 9.09. The van der Waals surface area contributed by atoms with E-state index >= 15 is 0 Å². The predicted octanol–water partition coefficient (Wildman–Crippen LogP) is 0.880. The Kier molecular flexibility index (Phi) is 6.28. The van der Waals surface area contributed by atoms with Crippen molar-refractivity contribution in [2.24, 2.45) is 11.1 Å². The molecular weight excluding hydrogens is 242 g/mol. The van der Waals surface area contributed by atoms with E-state index in [-0.39, 0.29) is 18.4 Å². The number of amides is 2. The summed E-state index contributed by atoms with van der Waals surface area (Å²) < 4.78 is 0. The normalized spacial score (nSPS) is 18.5. The number of nitrogens with zero attached hydrogens (tertiary/aromatic N) is 1. The Morgan fingerprint density at radius 3 is 2.21 bits per heavy atom. The van der Waals surface area contributed by atoms with Gasteiger partial charge >= 0.3 is 0 Å². The number of likely N-dealkylation sites (N-methyl/N-ethyl adjacent to an activating group) is 2. The van der Waals surface area contributed by atoms with Gasteiger partial charge in [-0.25, -0.2) is 0 Å². The third kappa shape index (κ3) is 3.93. The second-order valence-corrected chi connectivity index (χ2v) is 5.39. The molecule has 0 unspecified atom stereocenters. The van der Waals surface area contributed by atoms with E-state index in [2.05, 4.69) is 5.32 Å². The molecule has 0 aromatic rings. The molecule has 2 amide bonds. The molecule has 0 saturated heterocycles. The summed E-state index contributed by atoms with van der Waals surface area (Å²) in [6, 6.07) is 0. The molecule has 1 rings (SSSR count). The molecule has 5 heteroatoms. The van der Waals surface area contributed by atoms with Crippen LogP contribution in [0.25, 0.3) is 0 Å². The summed E-state index contributed by atoms with van der Waals surface area (Å²) in [5.74, 6) is -0.0704. The van der Waals surface area contributed by atoms with Gasteiger partial charge in [0.1, 0.15) is 0 Å². The Bertz CT molecular complexity index is 310. The summed E-state index contributed by atoms with van der Waals surface area (Å²) in [5.41, 5.74) is 5.47. The standard InChI is InChI=1S/C14H27N3O2/c1-3-17(10-12(18)16-2)13(19)14(11-15)8-6-4-5-7-9-14/h3-11,15H2,1-2H3,(H,16,18). The van der Waals surface area contributed by atoms with Gasteiger partial charge in [0, 0.05) is 20.1 Å². The third-order valence-electron chi connectivity index (χ3n) is 4.19. The minimum absolute atomic E-state index is 0.0583. The Labute approximate surface area is 115 Å². The van der Waals surface area contributed by atoms with Crippen molar-refractivity contribution < 1.29 is 9.59 Å². The van der Waals surface area contributed by atoms with Gasteiger partial charge in [-0.1, -0.05) is 25.7 Å². The van der Waals surface area contributed by atoms with E-state index in [1.165, 1.54) is 12.8 Å². The lowest BCUT2D eigenvalue weighted by atomic mass is 9.79. The molecule has 0 atom stereocenters. The maximum absolute atomic E-state index is 12.8. The molecule has 0 aliphatic heterocycles. The summed E-state index contributed by atoms with van der Waals surface area (Å²) in [7, 11) is 1.59. The van der Waals surface area contributed by atoms with Gasteiger partial charge < -0.3 is 16.0 Å². The molecular formula is C14H27N3O2. The summed E-state index contributed by atoms with van der Waals surface area (Å²) in [6.07, 6.45) is 6.17. The second-order valence-electron chi connectivity index (χ2n) is 5.39. The van der Waals surface area contributed by atoms with Crippen molar-refractivity contribution in [3.63, 3.8) is 0 Å². The highest BCUT2D eigenvalue weighted by atomic mass is 16.2. The zero-order chi connectivity index (χ0) is 14.3. The highest BCUT2D eigenvalue weighted by molar-refractivity contribution is 5.88. The lowest BCUT2D eigenvalue weighted by Crippen LogP contribution is -2.50. The van der Waals surface area contributed by atoms with Crippen LogP contribution in [0.15, 0.2) is 0 Å². The number of nitrogens with two attached hydrogens (primary N) is 1. The number of hydrogen-bond donors (Lipinski definition) is 2. The first kappa shape index (κ1) is 16.0. The number of carbonyl (C=O) groups excluding carboxylic acids is 2. The maximum atomic E-state index is 12.8. The van der Waals surface area contributed by atoms with Gasteiger partial charge in [-0.2, -0.15) is 0 Å². The largest absolute Gasteiger partial charge is 0.358 e. The number of hydrogen-bond acceptors (Lipinski definition) is 3. The Morgan fingerprint density at radius 1 is 1.21 bits per heavy atom. The quantitative estimate of drug-likeness (QED) is 0.728. The monoisotopic (exact) mass is 269 g/mol. The topological polar surface area (TPSA) is 75.4 Å². The van der Waals surface area contributed by atoms with Crippen molar-refractivity contribution in [2.45, 2.75) is 45.4 Å². The first-order valence-corrected chi connectivity index (χ1v) is 7.29. The van der Waals surface area contributed by atoms with Crippen molar-refractivity contribution in [3.05, 3.63) is 0 Å². The van der Waals surface area contributed by atoms with Crippen LogP contribution in [0.3, 0.4) is 0 Å². The molecule has 3 N–H and O–H groups in total. The summed E-state index contributed by atoms with van der Waals surface area (Å²) in [5, 5.41) is 2.57. The molecule has 0 heterocycles. The third-order valence-corrected chi connectivity index (χ3v) is 4.19. The van der Waals surface area contributed by atoms with Crippen molar-refractivity contribution >= 4 is 11.8 Å². The van der Waals surface area contributed by atoms with E-state index in [0.29, 0.717) is 13.1 Å². The molecule has 1 saturated carbocycles. The van der Waals surface area contributed by atoms with Crippen LogP contribution in [0.1, 0.15) is 45.4 Å². The average Bonchev–Trinajstić information content (AvgIpc) is 2.70. The van der Waals surface area contributed by atoms with Crippen molar-refractivity contribution in [2.75, 3.05) is 26.7 Å². The van der Waals surface area contributed by atoms with E-state index < -0.39 is 5.41 Å². The van der Waals surface area contributed by atoms with Crippen molar-refractivity contribution in [1.29, 1.82) is 0 Å². The fourth-order valence-electron chi connectivity index (χ4n) is 2.83. The van der Waals surface area contributed by atoms with Crippen molar-refractivity contribution in [3.8, 4) is 0 Å². The van der Waals surface area contributed by atoms with Gasteiger partial charge in [-0.3, -0.25) is 9.59 Å². The Hall–Kier alpha value is -1.10. The second kappa shape index (κ2) is 7.48. The molecule has 0 bridgehead atoms. The number of rotatable bonds is 5. The lowest BCUT2D eigenvalue weighted by Gasteiger charge is -2.35. The molecule has 0 aromatic heterocycles. The van der Waals surface area contributed by atoms with Gasteiger partial charge in [0.2, 0.25) is 11.8 Å². The number of nitrogens with one attached hydrogen (secondary N) is 1. The fourth-order valence-corrected chi connectivity index (χ4v) is 2.83. The average molecular weight is 269 g/mol. The molecule has 0 spiro atoms. The number of carbonyl (C=O) groups is 2. The van der Waals surface area contributed by atoms with E-state index in [1.807, 2.05) is 6.92 Å². The lowest BCUT2D eigenvalue weighted by molar-refractivity contribution is -0.145. The van der Waals surface area contributed by atoms with Gasteiger partial charge in [-0.05, 0) is 19.8 Å². The summed E-state index contributed by atoms with van der Waals surface area (Å²) in [6.45, 7) is 2.97. The van der Waals surface area contributed by atoms with E-state index in [9.17, 15) is 9.59 Å². The van der Waals surface area contributed by atoms with Crippen LogP contribution in [0.2, 0.25) is 0 Å². The molecule has 0 radical (unpaired) electrons. The molecule has 0 aromatic carbocycles. The Morgan fingerprint density at radius 2 is 1.79 bits per heavy atom. The zero-order valence-electron chi connectivity index (χ0n) is 12.2. The minimum Gasteiger partial charge on any atom is -0.358 e. The molecule has 110 valence electrons.